The van der Waals surface area contributed by atoms with Crippen LogP contribution < -0.4 is 15.6 Å². The molecule has 17 nitrogen and oxygen atoms in total. The molecule has 0 unspecified atom stereocenters. The summed E-state index contributed by atoms with van der Waals surface area (Å²) in [5, 5.41) is 5.56. The van der Waals surface area contributed by atoms with Crippen molar-refractivity contribution in [3.63, 3.8) is 0 Å². The lowest BCUT2D eigenvalue weighted by Gasteiger charge is -2.54. The number of cyclic esters (lactones) is 1. The van der Waals surface area contributed by atoms with E-state index in [9.17, 15) is 32.8 Å². The molecule has 0 radical (unpaired) electrons. The zero-order valence-corrected chi connectivity index (χ0v) is 43.1. The van der Waals surface area contributed by atoms with Gasteiger partial charge in [0.05, 0.1) is 36.8 Å². The number of hydrogen-bond acceptors (Lipinski definition) is 11. The first kappa shape index (κ1) is 52.7. The Labute approximate surface area is 421 Å². The van der Waals surface area contributed by atoms with Crippen LogP contribution in [-0.2, 0) is 46.4 Å². The average Bonchev–Trinajstić information content (AvgIpc) is 3.66. The molecule has 5 aliphatic rings. The molecule has 4 fully saturated rings. The Morgan fingerprint density at radius 3 is 2.50 bits per heavy atom. The van der Waals surface area contributed by atoms with Gasteiger partial charge >= 0.3 is 12.0 Å². The molecule has 392 valence electrons. The number of methoxy groups -OCH3 is 1. The molecular weight excluding hydrogens is 929 g/mol. The van der Waals surface area contributed by atoms with E-state index in [1.54, 1.807) is 30.2 Å². The van der Waals surface area contributed by atoms with Crippen molar-refractivity contribution in [2.75, 3.05) is 78.1 Å². The van der Waals surface area contributed by atoms with Gasteiger partial charge in [-0.05, 0) is 93.8 Å². The second kappa shape index (κ2) is 21.8. The van der Waals surface area contributed by atoms with Gasteiger partial charge in [0.1, 0.15) is 18.1 Å². The number of halogens is 2. The molecule has 8 rings (SSSR count). The third-order valence-electron chi connectivity index (χ3n) is 15.4. The number of likely N-dealkylation sites (tertiary alicyclic amines) is 2. The zero-order chi connectivity index (χ0) is 51.6. The number of fused-ring (bicyclic) bond motifs is 6. The number of pyridine rings is 1. The molecule has 72 heavy (non-hydrogen) atoms. The lowest BCUT2D eigenvalue weighted by Crippen LogP contribution is -2.64. The molecule has 3 aromatic rings. The van der Waals surface area contributed by atoms with Crippen molar-refractivity contribution in [2.45, 2.75) is 123 Å². The fourth-order valence-corrected chi connectivity index (χ4v) is 11.5. The smallest absolute Gasteiger partial charge is 0.324 e. The summed E-state index contributed by atoms with van der Waals surface area (Å²) in [5.41, 5.74) is 8.46. The number of aryl methyl sites for hydroxylation is 1. The first-order valence-corrected chi connectivity index (χ1v) is 25.6. The van der Waals surface area contributed by atoms with Gasteiger partial charge in [-0.2, -0.15) is 0 Å². The second-order valence-electron chi connectivity index (χ2n) is 21.5. The highest BCUT2D eigenvalue weighted by Crippen LogP contribution is 2.43. The van der Waals surface area contributed by atoms with Crippen LogP contribution in [0.2, 0.25) is 0 Å². The van der Waals surface area contributed by atoms with Crippen LogP contribution in [0.25, 0.3) is 22.2 Å². The fourth-order valence-electron chi connectivity index (χ4n) is 11.5. The minimum absolute atomic E-state index is 0.123. The van der Waals surface area contributed by atoms with Crippen LogP contribution in [0.3, 0.4) is 0 Å². The number of nitrogens with one attached hydrogen (secondary N) is 2. The maximum Gasteiger partial charge on any atom is 0.324 e. The highest BCUT2D eigenvalue weighted by Gasteiger charge is 2.48. The predicted octanol–water partition coefficient (Wildman–Crippen LogP) is 5.95. The Balaban J connectivity index is 1.06. The molecule has 0 aliphatic carbocycles. The summed E-state index contributed by atoms with van der Waals surface area (Å²) >= 11 is 0. The van der Waals surface area contributed by atoms with Crippen LogP contribution in [0.15, 0.2) is 48.7 Å². The number of hydrogen-bond donors (Lipinski definition) is 2. The SMILES string of the molecule is CCn1c(-c2cccnc2[C@H](C)OC)c2c3cc(ccc31)N1CCO[C@@H](C[C@H](NC(=O)[C@H](C(C)C)N(C)C(=O)N3CCC4(CC3)CN(C(=O)/C=C/C(F)F)C4)C(=O)N3CCC[C@H](N3)C(=O)OCC(C)(C)C2)C1. The molecule has 0 saturated carbocycles. The zero-order valence-electron chi connectivity index (χ0n) is 43.1. The summed E-state index contributed by atoms with van der Waals surface area (Å²) in [6.07, 6.45) is 2.78. The van der Waals surface area contributed by atoms with E-state index in [4.69, 9.17) is 19.2 Å². The van der Waals surface area contributed by atoms with Crippen molar-refractivity contribution in [1.29, 1.82) is 0 Å². The maximum atomic E-state index is 14.8. The number of likely N-dealkylation sites (N-methyl/N-ethyl adjacent to an activating group) is 1. The van der Waals surface area contributed by atoms with Gasteiger partial charge in [-0.1, -0.05) is 27.7 Å². The van der Waals surface area contributed by atoms with Gasteiger partial charge in [-0.3, -0.25) is 29.2 Å². The highest BCUT2D eigenvalue weighted by molar-refractivity contribution is 5.95. The number of benzene rings is 1. The number of carbonyl (C=O) groups excluding carboxylic acids is 5. The van der Waals surface area contributed by atoms with Crippen molar-refractivity contribution in [3.8, 4) is 11.3 Å². The van der Waals surface area contributed by atoms with E-state index < -0.39 is 59.8 Å². The maximum absolute atomic E-state index is 14.8. The van der Waals surface area contributed by atoms with Gasteiger partial charge in [-0.25, -0.2) is 19.0 Å². The number of nitrogens with zero attached hydrogens (tertiary/aromatic N) is 7. The number of amides is 5. The number of rotatable bonds is 10. The molecule has 7 heterocycles. The molecule has 1 aromatic carbocycles. The Hall–Kier alpha value is -5.66. The minimum atomic E-state index is -2.70. The first-order valence-electron chi connectivity index (χ1n) is 25.6. The third-order valence-corrected chi connectivity index (χ3v) is 15.4. The van der Waals surface area contributed by atoms with E-state index >= 15 is 0 Å². The fraction of sp³-hybridized carbons (Fsp3) is 0.623. The summed E-state index contributed by atoms with van der Waals surface area (Å²) in [7, 11) is 3.28. The largest absolute Gasteiger partial charge is 0.464 e. The number of urea groups is 1. The molecule has 4 saturated heterocycles. The number of piperidine rings is 1. The number of ether oxygens (including phenoxy) is 3. The molecule has 5 amide bonds. The van der Waals surface area contributed by atoms with Gasteiger partial charge in [0.25, 0.3) is 12.3 Å². The van der Waals surface area contributed by atoms with Crippen molar-refractivity contribution in [2.24, 2.45) is 16.7 Å². The van der Waals surface area contributed by atoms with Crippen LogP contribution in [0.1, 0.15) is 91.0 Å². The number of carbonyl (C=O) groups is 5. The third kappa shape index (κ3) is 11.1. The summed E-state index contributed by atoms with van der Waals surface area (Å²) < 4.78 is 46.0. The van der Waals surface area contributed by atoms with Gasteiger partial charge in [0.2, 0.25) is 11.8 Å². The molecule has 6 bridgehead atoms. The number of hydrazine groups is 1. The van der Waals surface area contributed by atoms with Crippen molar-refractivity contribution in [1.82, 2.24) is 40.0 Å². The number of esters is 1. The molecule has 2 N–H and O–H groups in total. The number of morpholine rings is 1. The molecule has 5 aliphatic heterocycles. The van der Waals surface area contributed by atoms with Crippen molar-refractivity contribution in [3.05, 3.63) is 59.9 Å². The average molecular weight is 1000 g/mol. The van der Waals surface area contributed by atoms with Crippen LogP contribution in [0.5, 0.6) is 0 Å². The Morgan fingerprint density at radius 2 is 1.81 bits per heavy atom. The van der Waals surface area contributed by atoms with Gasteiger partial charge in [0, 0.05) is 118 Å². The molecule has 1 spiro atoms. The molecular formula is C53H73F2N9O8. The minimum Gasteiger partial charge on any atom is -0.464 e. The van der Waals surface area contributed by atoms with Crippen LogP contribution in [0.4, 0.5) is 19.3 Å². The lowest BCUT2D eigenvalue weighted by molar-refractivity contribution is -0.156. The quantitative estimate of drug-likeness (QED) is 0.182. The second-order valence-corrected chi connectivity index (χ2v) is 21.5. The van der Waals surface area contributed by atoms with Gasteiger partial charge < -0.3 is 43.7 Å². The Bertz CT molecular complexity index is 2520. The van der Waals surface area contributed by atoms with Crippen LogP contribution in [0, 0.1) is 16.7 Å². The Morgan fingerprint density at radius 1 is 1.06 bits per heavy atom. The summed E-state index contributed by atoms with van der Waals surface area (Å²) in [6, 6.07) is 7.41. The van der Waals surface area contributed by atoms with E-state index in [-0.39, 0.29) is 36.5 Å². The number of alkyl halides is 2. The monoisotopic (exact) mass is 1000 g/mol. The standard InChI is InChI=1S/C53H73F2N9O8/c1-9-63-42-15-14-35-26-38(42)39(47(63)37-12-10-20-56-45(37)34(4)70-8)28-52(5,6)32-72-50(68)40-13-11-21-64(58-40)49(67)41(27-36-29-61(35)24-25-71-36)57-48(66)46(33(2)3)59(7)51(69)60-22-18-53(19-23-60)30-62(31-53)44(65)17-16-43(54)55/h10,12,14-17,20,26,33-34,36,40-41,43,46,58H,9,11,13,18-19,21-25,27-32H2,1-8H3,(H,57,66)/b17-16+/t34-,36-,40-,41-,46-/m0/s1. The van der Waals surface area contributed by atoms with E-state index in [0.29, 0.717) is 97.1 Å². The van der Waals surface area contributed by atoms with Crippen LogP contribution >= 0.6 is 0 Å². The molecule has 5 atom stereocenters. The van der Waals surface area contributed by atoms with E-state index in [2.05, 4.69) is 65.2 Å². The highest BCUT2D eigenvalue weighted by atomic mass is 19.3. The Kier molecular flexibility index (Phi) is 16.0. The van der Waals surface area contributed by atoms with Gasteiger partial charge in [0.15, 0.2) is 0 Å². The summed E-state index contributed by atoms with van der Waals surface area (Å²) in [6.45, 7) is 16.3. The molecule has 2 aromatic heterocycles. The lowest BCUT2D eigenvalue weighted by atomic mass is 9.72. The van der Waals surface area contributed by atoms with Crippen molar-refractivity contribution < 1.29 is 47.0 Å². The number of anilines is 1. The number of allylic oxidation sites excluding steroid dienone is 1. The molecule has 19 heteroatoms. The summed E-state index contributed by atoms with van der Waals surface area (Å²) in [4.78, 5) is 81.8. The van der Waals surface area contributed by atoms with Crippen LogP contribution in [-0.4, -0.2) is 163 Å². The van der Waals surface area contributed by atoms with E-state index in [1.165, 1.54) is 9.91 Å². The van der Waals surface area contributed by atoms with E-state index in [0.717, 1.165) is 45.2 Å². The first-order chi connectivity index (χ1) is 34.3. The normalized spacial score (nSPS) is 23.5. The predicted molar refractivity (Wildman–Crippen MR) is 268 cm³/mol. The van der Waals surface area contributed by atoms with Crippen molar-refractivity contribution >= 4 is 46.3 Å². The number of aromatic nitrogens is 2. The summed E-state index contributed by atoms with van der Waals surface area (Å²) in [5.74, 6) is -2.17. The topological polar surface area (TPSA) is 171 Å². The van der Waals surface area contributed by atoms with E-state index in [1.807, 2.05) is 26.8 Å². The van der Waals surface area contributed by atoms with Gasteiger partial charge in [-0.15, -0.1) is 0 Å².